The molecule has 0 aliphatic heterocycles. The SMILES string of the molecule is C/C=C/c1cc(N(c2ccncc2)c2ccc(CCCCCC)cc2)c(/C=C/c2ccc(-c3ccc4c(c3)C3(c5ccccc5-c5ccc(-c6ccc(C)cc6)cc53)c3ccccc3-4)cc2)cc1N(c1ccncc1)c1ccc(CCCCCC)cc1. The van der Waals surface area contributed by atoms with Crippen molar-refractivity contribution < 1.29 is 0 Å². The van der Waals surface area contributed by atoms with E-state index in [1.54, 1.807) is 0 Å². The Kier molecular flexibility index (Phi) is 16.6. The zero-order chi connectivity index (χ0) is 59.1. The van der Waals surface area contributed by atoms with Gasteiger partial charge < -0.3 is 9.80 Å². The van der Waals surface area contributed by atoms with Crippen LogP contribution in [0.4, 0.5) is 34.1 Å². The summed E-state index contributed by atoms with van der Waals surface area (Å²) in [5.74, 6) is 0. The first-order valence-corrected chi connectivity index (χ1v) is 31.7. The first kappa shape index (κ1) is 56.5. The highest BCUT2D eigenvalue weighted by atomic mass is 15.2. The van der Waals surface area contributed by atoms with Gasteiger partial charge in [0.05, 0.1) is 16.8 Å². The van der Waals surface area contributed by atoms with Crippen LogP contribution in [0.3, 0.4) is 0 Å². The normalized spacial score (nSPS) is 13.7. The molecule has 0 bridgehead atoms. The van der Waals surface area contributed by atoms with E-state index >= 15 is 0 Å². The van der Waals surface area contributed by atoms with Crippen LogP contribution in [0.25, 0.3) is 62.7 Å². The van der Waals surface area contributed by atoms with Crippen molar-refractivity contribution in [2.45, 2.75) is 97.3 Å². The van der Waals surface area contributed by atoms with Gasteiger partial charge in [0.25, 0.3) is 0 Å². The molecule has 4 heteroatoms. The van der Waals surface area contributed by atoms with Crippen LogP contribution in [-0.4, -0.2) is 9.97 Å². The summed E-state index contributed by atoms with van der Waals surface area (Å²) in [7, 11) is 0. The van der Waals surface area contributed by atoms with E-state index in [-0.39, 0.29) is 0 Å². The van der Waals surface area contributed by atoms with Crippen LogP contribution in [0.1, 0.15) is 128 Å². The summed E-state index contributed by atoms with van der Waals surface area (Å²) in [6.07, 6.45) is 28.7. The third-order valence-electron chi connectivity index (χ3n) is 18.0. The minimum Gasteiger partial charge on any atom is -0.310 e. The molecule has 0 fully saturated rings. The molecule has 13 rings (SSSR count). The Bertz CT molecular complexity index is 4220. The molecule has 0 N–H and O–H groups in total. The molecule has 2 aliphatic rings. The fraction of sp³-hybridized carbons (Fsp3) is 0.181. The number of allylic oxidation sites excluding steroid dienone is 1. The third kappa shape index (κ3) is 11.2. The number of aromatic nitrogens is 2. The van der Waals surface area contributed by atoms with E-state index in [1.807, 2.05) is 24.8 Å². The minimum atomic E-state index is -0.471. The number of aryl methyl sites for hydroxylation is 3. The van der Waals surface area contributed by atoms with Gasteiger partial charge >= 0.3 is 0 Å². The molecule has 4 nitrogen and oxygen atoms in total. The zero-order valence-corrected chi connectivity index (χ0v) is 50.8. The summed E-state index contributed by atoms with van der Waals surface area (Å²) in [5.41, 5.74) is 28.6. The molecule has 1 unspecified atom stereocenters. The van der Waals surface area contributed by atoms with E-state index in [2.05, 4.69) is 290 Å². The fourth-order valence-electron chi connectivity index (χ4n) is 13.6. The standard InChI is InChI=1S/C83H76N4/c1-5-8-10-12-19-60-30-41-69(42-31-60)86(71-47-51-84-52-48-71)81-58-68(82(57-67(81)18-7-3)87(72-49-53-85-54-50-72)70-43-32-61(33-44-70)20-13-11-9-6-2)38-29-62-27-36-64(37-28-62)66-40-46-76-74-22-15-17-24-78(74)83(80(76)56-66)77-23-16-14-21-73(77)75-45-39-65(55-79(75)83)63-34-25-59(4)26-35-63/h7,14-18,21-58H,5-6,8-13,19-20H2,1-4H3/b18-7+,38-29+. The van der Waals surface area contributed by atoms with Crippen molar-refractivity contribution >= 4 is 52.4 Å². The van der Waals surface area contributed by atoms with Crippen LogP contribution in [0, 0.1) is 6.92 Å². The van der Waals surface area contributed by atoms with E-state index < -0.39 is 5.41 Å². The van der Waals surface area contributed by atoms with Crippen LogP contribution in [0.15, 0.2) is 249 Å². The van der Waals surface area contributed by atoms with Gasteiger partial charge in [0, 0.05) is 58.7 Å². The Balaban J connectivity index is 0.916. The molecule has 87 heavy (non-hydrogen) atoms. The molecule has 1 spiro atoms. The molecule has 2 heterocycles. The van der Waals surface area contributed by atoms with Gasteiger partial charge in [-0.25, -0.2) is 0 Å². The maximum Gasteiger partial charge on any atom is 0.0725 e. The average Bonchev–Trinajstić information content (AvgIpc) is 1.54. The van der Waals surface area contributed by atoms with Gasteiger partial charge in [-0.3, -0.25) is 9.97 Å². The monoisotopic (exact) mass is 1130 g/mol. The maximum atomic E-state index is 4.50. The van der Waals surface area contributed by atoms with Crippen molar-refractivity contribution in [3.05, 3.63) is 305 Å². The Morgan fingerprint density at radius 2 is 0.782 bits per heavy atom. The number of rotatable bonds is 21. The summed E-state index contributed by atoms with van der Waals surface area (Å²) >= 11 is 0. The van der Waals surface area contributed by atoms with E-state index in [9.17, 15) is 0 Å². The Hall–Kier alpha value is -9.64. The minimum absolute atomic E-state index is 0.471. The van der Waals surface area contributed by atoms with Gasteiger partial charge in [-0.15, -0.1) is 0 Å². The predicted molar refractivity (Wildman–Crippen MR) is 369 cm³/mol. The number of hydrogen-bond donors (Lipinski definition) is 0. The zero-order valence-electron chi connectivity index (χ0n) is 50.8. The van der Waals surface area contributed by atoms with E-state index in [4.69, 9.17) is 0 Å². The maximum absolute atomic E-state index is 4.50. The average molecular weight is 1130 g/mol. The molecule has 2 aromatic heterocycles. The molecule has 9 aromatic carbocycles. The molecule has 11 aromatic rings. The number of unbranched alkanes of at least 4 members (excludes halogenated alkanes) is 6. The van der Waals surface area contributed by atoms with Gasteiger partial charge in [-0.1, -0.05) is 228 Å². The molecule has 0 radical (unpaired) electrons. The van der Waals surface area contributed by atoms with E-state index in [0.717, 1.165) is 63.7 Å². The van der Waals surface area contributed by atoms with Gasteiger partial charge in [0.15, 0.2) is 0 Å². The number of anilines is 6. The predicted octanol–water partition coefficient (Wildman–Crippen LogP) is 22.9. The number of fused-ring (bicyclic) bond motifs is 10. The lowest BCUT2D eigenvalue weighted by Crippen LogP contribution is -2.26. The highest BCUT2D eigenvalue weighted by molar-refractivity contribution is 5.98. The Morgan fingerprint density at radius 3 is 1.24 bits per heavy atom. The quantitative estimate of drug-likeness (QED) is 0.0530. The van der Waals surface area contributed by atoms with Gasteiger partial charge in [-0.05, 0) is 196 Å². The van der Waals surface area contributed by atoms with Gasteiger partial charge in [0.2, 0.25) is 0 Å². The smallest absolute Gasteiger partial charge is 0.0725 e. The molecule has 0 saturated heterocycles. The highest BCUT2D eigenvalue weighted by Crippen LogP contribution is 2.63. The molecule has 1 atom stereocenters. The Labute approximate surface area is 516 Å². The van der Waals surface area contributed by atoms with Crippen molar-refractivity contribution in [2.24, 2.45) is 0 Å². The van der Waals surface area contributed by atoms with E-state index in [1.165, 1.54) is 135 Å². The number of hydrogen-bond acceptors (Lipinski definition) is 4. The number of pyridine rings is 2. The molecule has 0 amide bonds. The van der Waals surface area contributed by atoms with Gasteiger partial charge in [0.1, 0.15) is 0 Å². The topological polar surface area (TPSA) is 32.3 Å². The first-order valence-electron chi connectivity index (χ1n) is 31.7. The van der Waals surface area contributed by atoms with Crippen molar-refractivity contribution in [3.8, 4) is 44.5 Å². The van der Waals surface area contributed by atoms with Crippen molar-refractivity contribution in [3.63, 3.8) is 0 Å². The molecule has 2 aliphatic carbocycles. The third-order valence-corrected chi connectivity index (χ3v) is 18.0. The van der Waals surface area contributed by atoms with E-state index in [0.29, 0.717) is 0 Å². The summed E-state index contributed by atoms with van der Waals surface area (Å²) in [4.78, 5) is 13.8. The number of nitrogens with zero attached hydrogens (tertiary/aromatic N) is 4. The van der Waals surface area contributed by atoms with Crippen LogP contribution in [0.5, 0.6) is 0 Å². The lowest BCUT2D eigenvalue weighted by Gasteiger charge is -2.31. The largest absolute Gasteiger partial charge is 0.310 e. The van der Waals surface area contributed by atoms with Crippen molar-refractivity contribution in [1.29, 1.82) is 0 Å². The Morgan fingerprint density at radius 1 is 0.368 bits per heavy atom. The molecular formula is C83H76N4. The summed E-state index contributed by atoms with van der Waals surface area (Å²) < 4.78 is 0. The van der Waals surface area contributed by atoms with Crippen molar-refractivity contribution in [2.75, 3.05) is 9.80 Å². The van der Waals surface area contributed by atoms with Crippen LogP contribution < -0.4 is 9.80 Å². The summed E-state index contributed by atoms with van der Waals surface area (Å²) in [6, 6.07) is 82.4. The second-order valence-corrected chi connectivity index (χ2v) is 23.7. The lowest BCUT2D eigenvalue weighted by atomic mass is 9.70. The number of benzene rings is 9. The fourth-order valence-corrected chi connectivity index (χ4v) is 13.6. The summed E-state index contributed by atoms with van der Waals surface area (Å²) in [6.45, 7) is 8.82. The second-order valence-electron chi connectivity index (χ2n) is 23.7. The first-order chi connectivity index (χ1) is 42.9. The van der Waals surface area contributed by atoms with Crippen LogP contribution in [-0.2, 0) is 18.3 Å². The highest BCUT2D eigenvalue weighted by Gasteiger charge is 2.51. The van der Waals surface area contributed by atoms with Crippen LogP contribution >= 0.6 is 0 Å². The molecule has 428 valence electrons. The van der Waals surface area contributed by atoms with Gasteiger partial charge in [-0.2, -0.15) is 0 Å². The van der Waals surface area contributed by atoms with Crippen molar-refractivity contribution in [1.82, 2.24) is 9.97 Å². The lowest BCUT2D eigenvalue weighted by molar-refractivity contribution is 0.667. The molecular weight excluding hydrogens is 1050 g/mol. The molecule has 0 saturated carbocycles. The summed E-state index contributed by atoms with van der Waals surface area (Å²) in [5, 5.41) is 0. The second kappa shape index (κ2) is 25.5. The van der Waals surface area contributed by atoms with Crippen LogP contribution in [0.2, 0.25) is 0 Å².